The van der Waals surface area contributed by atoms with Crippen LogP contribution in [-0.4, -0.2) is 12.5 Å². The lowest BCUT2D eigenvalue weighted by atomic mass is 10.0. The van der Waals surface area contributed by atoms with Crippen molar-refractivity contribution in [3.8, 4) is 5.75 Å². The number of hydrogen-bond donors (Lipinski definition) is 2. The molecule has 2 aromatic carbocycles. The molecule has 4 heteroatoms. The molecule has 0 fully saturated rings. The van der Waals surface area contributed by atoms with Crippen LogP contribution in [0.3, 0.4) is 0 Å². The molecule has 0 unspecified atom stereocenters. The highest BCUT2D eigenvalue weighted by Gasteiger charge is 2.12. The SMILES string of the molecule is Cc1ccc(C(C)C)c(OCC(=O)Nc2c(C)cc(N)cc2C)c1. The standard InChI is InChI=1S/C20H26N2O2/c1-12(2)17-7-6-13(3)8-18(17)24-11-19(23)22-20-14(4)9-16(21)10-15(20)5/h6-10,12H,11,21H2,1-5H3,(H,22,23). The molecule has 0 saturated carbocycles. The van der Waals surface area contributed by atoms with Crippen molar-refractivity contribution in [3.05, 3.63) is 52.6 Å². The molecule has 0 spiro atoms. The van der Waals surface area contributed by atoms with Crippen LogP contribution in [0.5, 0.6) is 5.75 Å². The number of hydrogen-bond acceptors (Lipinski definition) is 3. The van der Waals surface area contributed by atoms with Crippen LogP contribution < -0.4 is 15.8 Å². The quantitative estimate of drug-likeness (QED) is 0.804. The van der Waals surface area contributed by atoms with Crippen molar-refractivity contribution in [1.29, 1.82) is 0 Å². The molecule has 0 aliphatic carbocycles. The first-order valence-corrected chi connectivity index (χ1v) is 8.18. The van der Waals surface area contributed by atoms with Crippen LogP contribution in [0.2, 0.25) is 0 Å². The summed E-state index contributed by atoms with van der Waals surface area (Å²) in [6, 6.07) is 9.79. The van der Waals surface area contributed by atoms with E-state index in [-0.39, 0.29) is 12.5 Å². The topological polar surface area (TPSA) is 64.3 Å². The summed E-state index contributed by atoms with van der Waals surface area (Å²) in [5, 5.41) is 2.92. The second kappa shape index (κ2) is 7.39. The Morgan fingerprint density at radius 2 is 1.75 bits per heavy atom. The van der Waals surface area contributed by atoms with E-state index in [1.165, 1.54) is 0 Å². The monoisotopic (exact) mass is 326 g/mol. The van der Waals surface area contributed by atoms with Crippen molar-refractivity contribution in [2.75, 3.05) is 17.7 Å². The van der Waals surface area contributed by atoms with Gasteiger partial charge in [0.2, 0.25) is 0 Å². The van der Waals surface area contributed by atoms with Gasteiger partial charge in [0.1, 0.15) is 5.75 Å². The summed E-state index contributed by atoms with van der Waals surface area (Å²) in [7, 11) is 0. The second-order valence-electron chi connectivity index (χ2n) is 6.56. The molecule has 3 N–H and O–H groups in total. The predicted molar refractivity (Wildman–Crippen MR) is 99.7 cm³/mol. The number of carbonyl (C=O) groups excluding carboxylic acids is 1. The average molecular weight is 326 g/mol. The summed E-state index contributed by atoms with van der Waals surface area (Å²) in [5.74, 6) is 0.929. The molecule has 0 aromatic heterocycles. The van der Waals surface area contributed by atoms with Crippen LogP contribution in [0, 0.1) is 20.8 Å². The summed E-state index contributed by atoms with van der Waals surface area (Å²) in [6.45, 7) is 10.1. The van der Waals surface area contributed by atoms with E-state index >= 15 is 0 Å². The molecule has 0 saturated heterocycles. The summed E-state index contributed by atoms with van der Waals surface area (Å²) in [5.41, 5.74) is 11.4. The zero-order chi connectivity index (χ0) is 17.9. The summed E-state index contributed by atoms with van der Waals surface area (Å²) < 4.78 is 5.78. The molecule has 2 aromatic rings. The number of amides is 1. The lowest BCUT2D eigenvalue weighted by Crippen LogP contribution is -2.21. The molecule has 0 bridgehead atoms. The second-order valence-corrected chi connectivity index (χ2v) is 6.56. The number of rotatable bonds is 5. The molecular weight excluding hydrogens is 300 g/mol. The normalized spacial score (nSPS) is 10.8. The number of ether oxygens (including phenoxy) is 1. The lowest BCUT2D eigenvalue weighted by Gasteiger charge is -2.16. The van der Waals surface area contributed by atoms with Crippen molar-refractivity contribution in [2.45, 2.75) is 40.5 Å². The van der Waals surface area contributed by atoms with Gasteiger partial charge in [-0.3, -0.25) is 4.79 Å². The third kappa shape index (κ3) is 4.28. The highest BCUT2D eigenvalue weighted by atomic mass is 16.5. The van der Waals surface area contributed by atoms with Gasteiger partial charge in [0.25, 0.3) is 5.91 Å². The van der Waals surface area contributed by atoms with Gasteiger partial charge in [-0.25, -0.2) is 0 Å². The van der Waals surface area contributed by atoms with Crippen LogP contribution in [0.1, 0.15) is 42.0 Å². The third-order valence-electron chi connectivity index (χ3n) is 3.97. The van der Waals surface area contributed by atoms with Crippen LogP contribution in [0.4, 0.5) is 11.4 Å². The van der Waals surface area contributed by atoms with Crippen molar-refractivity contribution in [2.24, 2.45) is 0 Å². The minimum atomic E-state index is -0.179. The number of aryl methyl sites for hydroxylation is 3. The largest absolute Gasteiger partial charge is 0.483 e. The molecule has 0 aliphatic heterocycles. The van der Waals surface area contributed by atoms with Gasteiger partial charge >= 0.3 is 0 Å². The van der Waals surface area contributed by atoms with Crippen LogP contribution in [-0.2, 0) is 4.79 Å². The first-order valence-electron chi connectivity index (χ1n) is 8.18. The molecule has 0 aliphatic rings. The van der Waals surface area contributed by atoms with Gasteiger partial charge in [-0.2, -0.15) is 0 Å². The number of nitrogens with two attached hydrogens (primary N) is 1. The lowest BCUT2D eigenvalue weighted by molar-refractivity contribution is -0.118. The van der Waals surface area contributed by atoms with E-state index in [0.717, 1.165) is 33.7 Å². The fourth-order valence-corrected chi connectivity index (χ4v) is 2.76. The van der Waals surface area contributed by atoms with Crippen LogP contribution in [0.25, 0.3) is 0 Å². The smallest absolute Gasteiger partial charge is 0.262 e. The Balaban J connectivity index is 2.08. The maximum Gasteiger partial charge on any atom is 0.262 e. The molecule has 0 atom stereocenters. The van der Waals surface area contributed by atoms with Gasteiger partial charge in [0, 0.05) is 11.4 Å². The summed E-state index contributed by atoms with van der Waals surface area (Å²) >= 11 is 0. The van der Waals surface area contributed by atoms with Crippen molar-refractivity contribution in [1.82, 2.24) is 0 Å². The Hall–Kier alpha value is -2.49. The van der Waals surface area contributed by atoms with Gasteiger partial charge < -0.3 is 15.8 Å². The minimum absolute atomic E-state index is 0.0214. The van der Waals surface area contributed by atoms with Crippen LogP contribution in [0.15, 0.2) is 30.3 Å². The molecule has 0 heterocycles. The van der Waals surface area contributed by atoms with E-state index in [0.29, 0.717) is 11.6 Å². The van der Waals surface area contributed by atoms with Gasteiger partial charge in [0.15, 0.2) is 6.61 Å². The Morgan fingerprint density at radius 3 is 2.33 bits per heavy atom. The molecule has 4 nitrogen and oxygen atoms in total. The molecular formula is C20H26N2O2. The Bertz CT molecular complexity index is 728. The predicted octanol–water partition coefficient (Wildman–Crippen LogP) is 4.33. The number of carbonyl (C=O) groups is 1. The highest BCUT2D eigenvalue weighted by Crippen LogP contribution is 2.28. The first-order chi connectivity index (χ1) is 11.3. The van der Waals surface area contributed by atoms with Crippen molar-refractivity contribution < 1.29 is 9.53 Å². The molecule has 24 heavy (non-hydrogen) atoms. The highest BCUT2D eigenvalue weighted by molar-refractivity contribution is 5.93. The van der Waals surface area contributed by atoms with E-state index in [1.807, 2.05) is 39.0 Å². The Kier molecular flexibility index (Phi) is 5.50. The zero-order valence-corrected chi connectivity index (χ0v) is 15.1. The van der Waals surface area contributed by atoms with Gasteiger partial charge in [-0.05, 0) is 67.1 Å². The Labute approximate surface area is 144 Å². The van der Waals surface area contributed by atoms with E-state index in [2.05, 4.69) is 31.3 Å². The maximum absolute atomic E-state index is 12.3. The number of benzene rings is 2. The average Bonchev–Trinajstić information content (AvgIpc) is 2.48. The van der Waals surface area contributed by atoms with E-state index in [4.69, 9.17) is 10.5 Å². The first kappa shape index (κ1) is 17.9. The molecule has 1 amide bonds. The summed E-state index contributed by atoms with van der Waals surface area (Å²) in [6.07, 6.45) is 0. The third-order valence-corrected chi connectivity index (χ3v) is 3.97. The minimum Gasteiger partial charge on any atom is -0.483 e. The molecule has 128 valence electrons. The summed E-state index contributed by atoms with van der Waals surface area (Å²) in [4.78, 5) is 12.3. The van der Waals surface area contributed by atoms with Gasteiger partial charge in [0.05, 0.1) is 0 Å². The zero-order valence-electron chi connectivity index (χ0n) is 15.1. The number of anilines is 2. The van der Waals surface area contributed by atoms with E-state index in [9.17, 15) is 4.79 Å². The Morgan fingerprint density at radius 1 is 1.12 bits per heavy atom. The fourth-order valence-electron chi connectivity index (χ4n) is 2.76. The number of nitrogen functional groups attached to an aromatic ring is 1. The van der Waals surface area contributed by atoms with Crippen molar-refractivity contribution >= 4 is 17.3 Å². The van der Waals surface area contributed by atoms with E-state index in [1.54, 1.807) is 0 Å². The van der Waals surface area contributed by atoms with Crippen LogP contribution >= 0.6 is 0 Å². The number of nitrogens with one attached hydrogen (secondary N) is 1. The molecule has 2 rings (SSSR count). The molecule has 0 radical (unpaired) electrons. The van der Waals surface area contributed by atoms with Gasteiger partial charge in [-0.1, -0.05) is 26.0 Å². The fraction of sp³-hybridized carbons (Fsp3) is 0.350. The maximum atomic E-state index is 12.3. The van der Waals surface area contributed by atoms with E-state index < -0.39 is 0 Å². The van der Waals surface area contributed by atoms with Crippen molar-refractivity contribution in [3.63, 3.8) is 0 Å². The van der Waals surface area contributed by atoms with Gasteiger partial charge in [-0.15, -0.1) is 0 Å².